The molecule has 1 fully saturated rings. The second-order valence-corrected chi connectivity index (χ2v) is 7.74. The summed E-state index contributed by atoms with van der Waals surface area (Å²) in [6, 6.07) is 8.20. The van der Waals surface area contributed by atoms with Crippen LogP contribution < -0.4 is 10.1 Å². The molecule has 0 bridgehead atoms. The minimum atomic E-state index is 0.377. The van der Waals surface area contributed by atoms with Crippen LogP contribution in [0.3, 0.4) is 0 Å². The van der Waals surface area contributed by atoms with Gasteiger partial charge in [-0.1, -0.05) is 30.0 Å². The van der Waals surface area contributed by atoms with Crippen LogP contribution in [0.5, 0.6) is 5.75 Å². The fourth-order valence-electron chi connectivity index (χ4n) is 2.56. The van der Waals surface area contributed by atoms with Gasteiger partial charge in [-0.3, -0.25) is 0 Å². The van der Waals surface area contributed by atoms with E-state index in [1.54, 1.807) is 29.4 Å². The Labute approximate surface area is 148 Å². The van der Waals surface area contributed by atoms with E-state index < -0.39 is 0 Å². The summed E-state index contributed by atoms with van der Waals surface area (Å²) in [7, 11) is 0. The van der Waals surface area contributed by atoms with E-state index in [0.29, 0.717) is 12.6 Å². The molecule has 0 amide bonds. The Morgan fingerprint density at radius 1 is 1.29 bits per heavy atom. The summed E-state index contributed by atoms with van der Waals surface area (Å²) in [6.45, 7) is 0.668. The standard InChI is InChI=1S/C17H18N4OS2/c1-23-17-21-16-14(24-17)15(19-10-20-16)18-9-11-5-2-3-8-13(11)22-12-6-4-7-12/h2-3,5,8,10,12H,4,6-7,9H2,1H3,(H,18,19,20). The molecular weight excluding hydrogens is 340 g/mol. The molecule has 1 aliphatic rings. The molecule has 0 atom stereocenters. The first-order valence-corrected chi connectivity index (χ1v) is 10.0. The highest BCUT2D eigenvalue weighted by Gasteiger charge is 2.20. The number of fused-ring (bicyclic) bond motifs is 1. The summed E-state index contributed by atoms with van der Waals surface area (Å²) in [5, 5.41) is 3.42. The van der Waals surface area contributed by atoms with E-state index in [2.05, 4.69) is 26.3 Å². The molecule has 0 saturated heterocycles. The zero-order chi connectivity index (χ0) is 16.4. The van der Waals surface area contributed by atoms with Gasteiger partial charge in [-0.15, -0.1) is 11.3 Å². The maximum Gasteiger partial charge on any atom is 0.176 e. The Morgan fingerprint density at radius 3 is 2.96 bits per heavy atom. The fraction of sp³-hybridized carbons (Fsp3) is 0.353. The first-order chi connectivity index (χ1) is 11.8. The number of anilines is 1. The summed E-state index contributed by atoms with van der Waals surface area (Å²) < 4.78 is 8.09. The van der Waals surface area contributed by atoms with Gasteiger partial charge in [0.1, 0.15) is 22.6 Å². The van der Waals surface area contributed by atoms with Gasteiger partial charge in [0.2, 0.25) is 0 Å². The van der Waals surface area contributed by atoms with E-state index in [1.165, 1.54) is 6.42 Å². The molecule has 1 N–H and O–H groups in total. The molecule has 0 unspecified atom stereocenters. The van der Waals surface area contributed by atoms with Gasteiger partial charge in [-0.05, 0) is 31.6 Å². The highest BCUT2D eigenvalue weighted by molar-refractivity contribution is 8.00. The van der Waals surface area contributed by atoms with Crippen molar-refractivity contribution < 1.29 is 4.74 Å². The first-order valence-electron chi connectivity index (χ1n) is 7.97. The maximum atomic E-state index is 6.09. The lowest BCUT2D eigenvalue weighted by atomic mass is 9.96. The average Bonchev–Trinajstić information content (AvgIpc) is 3.01. The molecule has 5 nitrogen and oxygen atoms in total. The summed E-state index contributed by atoms with van der Waals surface area (Å²) >= 11 is 3.25. The van der Waals surface area contributed by atoms with Crippen molar-refractivity contribution in [2.75, 3.05) is 11.6 Å². The molecule has 124 valence electrons. The van der Waals surface area contributed by atoms with Crippen molar-refractivity contribution in [2.24, 2.45) is 0 Å². The van der Waals surface area contributed by atoms with Crippen LogP contribution in [0.15, 0.2) is 34.9 Å². The summed E-state index contributed by atoms with van der Waals surface area (Å²) in [5.41, 5.74) is 1.90. The second-order valence-electron chi connectivity index (χ2n) is 5.69. The molecule has 2 heterocycles. The van der Waals surface area contributed by atoms with Crippen LogP contribution in [0.4, 0.5) is 5.82 Å². The number of rotatable bonds is 6. The molecule has 4 rings (SSSR count). The average molecular weight is 358 g/mol. The number of aromatic nitrogens is 3. The molecule has 0 radical (unpaired) electrons. The van der Waals surface area contributed by atoms with E-state index in [0.717, 1.165) is 44.7 Å². The van der Waals surface area contributed by atoms with Crippen LogP contribution in [0.1, 0.15) is 24.8 Å². The summed E-state index contributed by atoms with van der Waals surface area (Å²) in [5.74, 6) is 1.80. The van der Waals surface area contributed by atoms with Gasteiger partial charge >= 0.3 is 0 Å². The van der Waals surface area contributed by atoms with Crippen LogP contribution in [0, 0.1) is 0 Å². The number of thiazole rings is 1. The Hall–Kier alpha value is -1.86. The normalized spacial score (nSPS) is 14.5. The third-order valence-corrected chi connectivity index (χ3v) is 6.15. The van der Waals surface area contributed by atoms with E-state index in [9.17, 15) is 0 Å². The highest BCUT2D eigenvalue weighted by Crippen LogP contribution is 2.32. The number of benzene rings is 1. The van der Waals surface area contributed by atoms with Crippen LogP contribution >= 0.6 is 23.1 Å². The van der Waals surface area contributed by atoms with Gasteiger partial charge in [0.05, 0.1) is 6.10 Å². The van der Waals surface area contributed by atoms with E-state index >= 15 is 0 Å². The number of ether oxygens (including phenoxy) is 1. The minimum absolute atomic E-state index is 0.377. The molecular formula is C17H18N4OS2. The van der Waals surface area contributed by atoms with Gasteiger partial charge < -0.3 is 10.1 Å². The number of nitrogens with one attached hydrogen (secondary N) is 1. The smallest absolute Gasteiger partial charge is 0.176 e. The Morgan fingerprint density at radius 2 is 2.17 bits per heavy atom. The van der Waals surface area contributed by atoms with E-state index in [1.807, 2.05) is 24.5 Å². The molecule has 2 aromatic heterocycles. The van der Waals surface area contributed by atoms with Crippen molar-refractivity contribution in [1.82, 2.24) is 15.0 Å². The molecule has 0 spiro atoms. The number of thioether (sulfide) groups is 1. The number of hydrogen-bond donors (Lipinski definition) is 1. The van der Waals surface area contributed by atoms with Crippen LogP contribution in [0.2, 0.25) is 0 Å². The zero-order valence-electron chi connectivity index (χ0n) is 13.4. The lowest BCUT2D eigenvalue weighted by Gasteiger charge is -2.27. The summed E-state index contributed by atoms with van der Waals surface area (Å²) in [4.78, 5) is 13.1. The fourth-order valence-corrected chi connectivity index (χ4v) is 4.04. The van der Waals surface area contributed by atoms with Gasteiger partial charge in [0.15, 0.2) is 9.99 Å². The van der Waals surface area contributed by atoms with E-state index in [-0.39, 0.29) is 0 Å². The molecule has 24 heavy (non-hydrogen) atoms. The lowest BCUT2D eigenvalue weighted by molar-refractivity contribution is 0.119. The molecule has 0 aliphatic heterocycles. The monoisotopic (exact) mass is 358 g/mol. The van der Waals surface area contributed by atoms with Crippen molar-refractivity contribution in [3.63, 3.8) is 0 Å². The van der Waals surface area contributed by atoms with Crippen molar-refractivity contribution in [3.8, 4) is 5.75 Å². The van der Waals surface area contributed by atoms with Crippen LogP contribution in [-0.4, -0.2) is 27.3 Å². The van der Waals surface area contributed by atoms with Gasteiger partial charge in [0, 0.05) is 12.1 Å². The van der Waals surface area contributed by atoms with Gasteiger partial charge in [-0.25, -0.2) is 15.0 Å². The topological polar surface area (TPSA) is 59.9 Å². The number of nitrogens with zero attached hydrogens (tertiary/aromatic N) is 3. The third-order valence-electron chi connectivity index (χ3n) is 4.11. The lowest BCUT2D eigenvalue weighted by Crippen LogP contribution is -2.25. The summed E-state index contributed by atoms with van der Waals surface area (Å²) in [6.07, 6.45) is 7.55. The minimum Gasteiger partial charge on any atom is -0.490 e. The maximum absolute atomic E-state index is 6.09. The third kappa shape index (κ3) is 3.18. The molecule has 1 aliphatic carbocycles. The van der Waals surface area contributed by atoms with Crippen molar-refractivity contribution >= 4 is 39.3 Å². The van der Waals surface area contributed by atoms with Crippen LogP contribution in [0.25, 0.3) is 10.3 Å². The van der Waals surface area contributed by atoms with Crippen molar-refractivity contribution in [1.29, 1.82) is 0 Å². The van der Waals surface area contributed by atoms with E-state index in [4.69, 9.17) is 4.74 Å². The Kier molecular flexibility index (Phi) is 4.53. The predicted molar refractivity (Wildman–Crippen MR) is 99.0 cm³/mol. The number of hydrogen-bond acceptors (Lipinski definition) is 7. The first kappa shape index (κ1) is 15.7. The Bertz CT molecular complexity index is 847. The second kappa shape index (κ2) is 6.94. The quantitative estimate of drug-likeness (QED) is 0.661. The molecule has 1 saturated carbocycles. The highest BCUT2D eigenvalue weighted by atomic mass is 32.2. The SMILES string of the molecule is CSc1nc2ncnc(NCc3ccccc3OC3CCC3)c2s1. The van der Waals surface area contributed by atoms with Crippen molar-refractivity contribution in [3.05, 3.63) is 36.2 Å². The molecule has 7 heteroatoms. The van der Waals surface area contributed by atoms with Crippen molar-refractivity contribution in [2.45, 2.75) is 36.3 Å². The van der Waals surface area contributed by atoms with Gasteiger partial charge in [0.25, 0.3) is 0 Å². The molecule has 3 aromatic rings. The number of para-hydroxylation sites is 1. The van der Waals surface area contributed by atoms with Gasteiger partial charge in [-0.2, -0.15) is 0 Å². The zero-order valence-corrected chi connectivity index (χ0v) is 15.0. The largest absolute Gasteiger partial charge is 0.490 e. The Balaban J connectivity index is 1.53. The van der Waals surface area contributed by atoms with Crippen LogP contribution in [-0.2, 0) is 6.54 Å². The molecule has 1 aromatic carbocycles. The predicted octanol–water partition coefficient (Wildman–Crippen LogP) is 4.35.